The summed E-state index contributed by atoms with van der Waals surface area (Å²) in [6.07, 6.45) is 25.2. The Morgan fingerprint density at radius 3 is 2.30 bits per heavy atom. The third-order valence-electron chi connectivity index (χ3n) is 4.37. The molecule has 0 radical (unpaired) electrons. The largest absolute Gasteiger partial charge is 0.367 e. The molecule has 0 bridgehead atoms. The SMILES string of the molecule is C1=CCC(C(CCCCc2cc[nH]c2)C2=CC=CC2)=C1. The van der Waals surface area contributed by atoms with Gasteiger partial charge >= 0.3 is 0 Å². The number of hydrogen-bond acceptors (Lipinski definition) is 0. The van der Waals surface area contributed by atoms with Crippen LogP contribution < -0.4 is 0 Å². The average molecular weight is 265 g/mol. The van der Waals surface area contributed by atoms with Crippen LogP contribution in [0.1, 0.15) is 37.7 Å². The van der Waals surface area contributed by atoms with Crippen LogP contribution in [0.5, 0.6) is 0 Å². The summed E-state index contributed by atoms with van der Waals surface area (Å²) < 4.78 is 0. The van der Waals surface area contributed by atoms with Crippen LogP contribution >= 0.6 is 0 Å². The van der Waals surface area contributed by atoms with Gasteiger partial charge in [-0.25, -0.2) is 0 Å². The van der Waals surface area contributed by atoms with Gasteiger partial charge in [-0.3, -0.25) is 0 Å². The lowest BCUT2D eigenvalue weighted by Gasteiger charge is -2.20. The van der Waals surface area contributed by atoms with Gasteiger partial charge in [0.15, 0.2) is 0 Å². The van der Waals surface area contributed by atoms with Gasteiger partial charge in [0, 0.05) is 18.3 Å². The fourth-order valence-corrected chi connectivity index (χ4v) is 3.24. The first-order chi connectivity index (χ1) is 9.93. The van der Waals surface area contributed by atoms with Gasteiger partial charge in [0.25, 0.3) is 0 Å². The van der Waals surface area contributed by atoms with Gasteiger partial charge < -0.3 is 4.98 Å². The van der Waals surface area contributed by atoms with Crippen LogP contribution in [0.2, 0.25) is 0 Å². The van der Waals surface area contributed by atoms with Gasteiger partial charge in [0.05, 0.1) is 0 Å². The van der Waals surface area contributed by atoms with Crippen LogP contribution in [0.4, 0.5) is 0 Å². The van der Waals surface area contributed by atoms with Gasteiger partial charge in [0.1, 0.15) is 0 Å². The van der Waals surface area contributed by atoms with Crippen molar-refractivity contribution in [1.82, 2.24) is 4.98 Å². The Morgan fingerprint density at radius 1 is 1.00 bits per heavy atom. The minimum absolute atomic E-state index is 0.672. The summed E-state index contributed by atoms with van der Waals surface area (Å²) >= 11 is 0. The number of H-pyrrole nitrogens is 1. The minimum Gasteiger partial charge on any atom is -0.367 e. The second kappa shape index (κ2) is 6.60. The van der Waals surface area contributed by atoms with Crippen molar-refractivity contribution in [3.63, 3.8) is 0 Å². The molecule has 2 aliphatic carbocycles. The van der Waals surface area contributed by atoms with E-state index in [0.717, 1.165) is 12.8 Å². The normalized spacial score (nSPS) is 17.1. The van der Waals surface area contributed by atoms with Crippen LogP contribution in [0.3, 0.4) is 0 Å². The Bertz CT molecular complexity index is 510. The molecule has 2 aliphatic rings. The predicted molar refractivity (Wildman–Crippen MR) is 85.5 cm³/mol. The standard InChI is InChI=1S/C19H23N/c1(7-16-13-14-20-15-16)6-12-19(17-8-2-3-9-17)18-10-4-5-11-18/h2-5,8,10,13-15,19-20H,1,6-7,9,11-12H2. The highest BCUT2D eigenvalue weighted by molar-refractivity contribution is 5.35. The molecule has 0 unspecified atom stereocenters. The summed E-state index contributed by atoms with van der Waals surface area (Å²) in [5.41, 5.74) is 4.66. The smallest absolute Gasteiger partial charge is 0.00373 e. The topological polar surface area (TPSA) is 15.8 Å². The van der Waals surface area contributed by atoms with Gasteiger partial charge in [-0.15, -0.1) is 0 Å². The van der Waals surface area contributed by atoms with E-state index in [-0.39, 0.29) is 0 Å². The first-order valence-electron chi connectivity index (χ1n) is 7.76. The maximum Gasteiger partial charge on any atom is 0.00373 e. The van der Waals surface area contributed by atoms with E-state index in [4.69, 9.17) is 0 Å². The molecule has 1 heteroatoms. The quantitative estimate of drug-likeness (QED) is 0.659. The molecule has 0 spiro atoms. The van der Waals surface area contributed by atoms with Crippen molar-refractivity contribution < 1.29 is 0 Å². The number of aromatic amines is 1. The number of rotatable bonds is 7. The molecule has 104 valence electrons. The van der Waals surface area contributed by atoms with Crippen molar-refractivity contribution in [2.45, 2.75) is 38.5 Å². The highest BCUT2D eigenvalue weighted by Gasteiger charge is 2.19. The minimum atomic E-state index is 0.672. The summed E-state index contributed by atoms with van der Waals surface area (Å²) in [4.78, 5) is 3.13. The lowest BCUT2D eigenvalue weighted by molar-refractivity contribution is 0.567. The van der Waals surface area contributed by atoms with Crippen LogP contribution in [0, 0.1) is 5.92 Å². The highest BCUT2D eigenvalue weighted by Crippen LogP contribution is 2.34. The molecule has 0 aliphatic heterocycles. The Morgan fingerprint density at radius 2 is 1.75 bits per heavy atom. The number of allylic oxidation sites excluding steroid dienone is 8. The summed E-state index contributed by atoms with van der Waals surface area (Å²) in [5.74, 6) is 0.672. The molecule has 0 saturated heterocycles. The first-order valence-corrected chi connectivity index (χ1v) is 7.76. The Labute approximate surface area is 121 Å². The van der Waals surface area contributed by atoms with Gasteiger partial charge in [-0.2, -0.15) is 0 Å². The van der Waals surface area contributed by atoms with Crippen molar-refractivity contribution in [3.8, 4) is 0 Å². The predicted octanol–water partition coefficient (Wildman–Crippen LogP) is 5.12. The molecule has 1 aromatic rings. The van der Waals surface area contributed by atoms with E-state index in [9.17, 15) is 0 Å². The van der Waals surface area contributed by atoms with Crippen molar-refractivity contribution in [2.75, 3.05) is 0 Å². The zero-order valence-electron chi connectivity index (χ0n) is 12.0. The monoisotopic (exact) mass is 265 g/mol. The molecule has 3 rings (SSSR count). The molecule has 1 aromatic heterocycles. The van der Waals surface area contributed by atoms with Crippen molar-refractivity contribution in [1.29, 1.82) is 0 Å². The maximum atomic E-state index is 3.13. The summed E-state index contributed by atoms with van der Waals surface area (Å²) in [6.45, 7) is 0. The van der Waals surface area contributed by atoms with E-state index in [1.807, 2.05) is 6.20 Å². The lowest BCUT2D eigenvalue weighted by Crippen LogP contribution is -2.06. The Kier molecular flexibility index (Phi) is 4.37. The molecule has 0 aromatic carbocycles. The highest BCUT2D eigenvalue weighted by atomic mass is 14.6. The molecule has 0 saturated carbocycles. The number of aromatic nitrogens is 1. The number of nitrogens with one attached hydrogen (secondary N) is 1. The van der Waals surface area contributed by atoms with Gasteiger partial charge in [0.2, 0.25) is 0 Å². The second-order valence-corrected chi connectivity index (χ2v) is 5.77. The van der Waals surface area contributed by atoms with E-state index in [2.05, 4.69) is 53.7 Å². The van der Waals surface area contributed by atoms with Gasteiger partial charge in [-0.05, 0) is 43.7 Å². The first kappa shape index (κ1) is 13.2. The second-order valence-electron chi connectivity index (χ2n) is 5.77. The van der Waals surface area contributed by atoms with Crippen molar-refractivity contribution >= 4 is 0 Å². The van der Waals surface area contributed by atoms with E-state index in [0.29, 0.717) is 5.92 Å². The van der Waals surface area contributed by atoms with Gasteiger partial charge in [-0.1, -0.05) is 54.0 Å². The fourth-order valence-electron chi connectivity index (χ4n) is 3.24. The maximum absolute atomic E-state index is 3.13. The molecule has 1 nitrogen and oxygen atoms in total. The zero-order chi connectivity index (χ0) is 13.6. The zero-order valence-corrected chi connectivity index (χ0v) is 12.0. The summed E-state index contributed by atoms with van der Waals surface area (Å²) in [7, 11) is 0. The van der Waals surface area contributed by atoms with E-state index in [1.54, 1.807) is 11.1 Å². The number of unbranched alkanes of at least 4 members (excludes halogenated alkanes) is 1. The van der Waals surface area contributed by atoms with E-state index in [1.165, 1.54) is 31.2 Å². The Hall–Kier alpha value is -1.76. The van der Waals surface area contributed by atoms with Crippen LogP contribution in [0.25, 0.3) is 0 Å². The molecule has 0 amide bonds. The molecule has 1 heterocycles. The molecule has 20 heavy (non-hydrogen) atoms. The average Bonchev–Trinajstić information content (AvgIpc) is 3.22. The Balaban J connectivity index is 1.51. The molecule has 0 atom stereocenters. The molecular weight excluding hydrogens is 242 g/mol. The summed E-state index contributed by atoms with van der Waals surface area (Å²) in [6, 6.07) is 2.18. The van der Waals surface area contributed by atoms with Crippen molar-refractivity contribution in [3.05, 3.63) is 71.6 Å². The number of aryl methyl sites for hydroxylation is 1. The molecule has 1 N–H and O–H groups in total. The van der Waals surface area contributed by atoms with Crippen LogP contribution in [0.15, 0.2) is 66.1 Å². The molecule has 0 fully saturated rings. The van der Waals surface area contributed by atoms with Crippen LogP contribution in [-0.4, -0.2) is 4.98 Å². The van der Waals surface area contributed by atoms with Crippen molar-refractivity contribution in [2.24, 2.45) is 5.92 Å². The summed E-state index contributed by atoms with van der Waals surface area (Å²) in [5, 5.41) is 0. The van der Waals surface area contributed by atoms with E-state index >= 15 is 0 Å². The third kappa shape index (κ3) is 3.22. The fraction of sp³-hybridized carbons (Fsp3) is 0.368. The number of hydrogen-bond donors (Lipinski definition) is 1. The molecular formula is C19H23N. The lowest BCUT2D eigenvalue weighted by atomic mass is 9.85. The third-order valence-corrected chi connectivity index (χ3v) is 4.37. The van der Waals surface area contributed by atoms with Crippen LogP contribution in [-0.2, 0) is 6.42 Å². The van der Waals surface area contributed by atoms with E-state index < -0.39 is 0 Å².